The van der Waals surface area contributed by atoms with Crippen molar-refractivity contribution < 1.29 is 4.74 Å². The summed E-state index contributed by atoms with van der Waals surface area (Å²) in [4.78, 5) is 4.25. The zero-order chi connectivity index (χ0) is 10.8. The summed E-state index contributed by atoms with van der Waals surface area (Å²) in [6, 6.07) is 0. The van der Waals surface area contributed by atoms with Gasteiger partial charge in [0.15, 0.2) is 0 Å². The number of aromatic nitrogens is 1. The Bertz CT molecular complexity index is 342. The van der Waals surface area contributed by atoms with E-state index >= 15 is 0 Å². The van der Waals surface area contributed by atoms with E-state index in [9.17, 15) is 0 Å². The van der Waals surface area contributed by atoms with E-state index in [-0.39, 0.29) is 0 Å². The normalized spacial score (nSPS) is 15.7. The second-order valence-corrected chi connectivity index (χ2v) is 4.54. The lowest BCUT2D eigenvalue weighted by Crippen LogP contribution is -2.04. The first-order valence-corrected chi connectivity index (χ1v) is 5.85. The number of pyridine rings is 1. The van der Waals surface area contributed by atoms with Gasteiger partial charge in [-0.25, -0.2) is 0 Å². The van der Waals surface area contributed by atoms with Gasteiger partial charge in [-0.15, -0.1) is 0 Å². The van der Waals surface area contributed by atoms with Crippen LogP contribution in [0, 0.1) is 0 Å². The van der Waals surface area contributed by atoms with Crippen molar-refractivity contribution in [3.8, 4) is 5.75 Å². The topological polar surface area (TPSA) is 22.1 Å². The van der Waals surface area contributed by atoms with Gasteiger partial charge in [-0.1, -0.05) is 20.8 Å². The predicted molar refractivity (Wildman–Crippen MR) is 61.4 cm³/mol. The third-order valence-corrected chi connectivity index (χ3v) is 2.81. The second kappa shape index (κ2) is 4.21. The molecule has 0 aliphatic heterocycles. The quantitative estimate of drug-likeness (QED) is 0.752. The molecule has 0 atom stereocenters. The molecule has 0 saturated heterocycles. The Morgan fingerprint density at radius 3 is 2.67 bits per heavy atom. The van der Waals surface area contributed by atoms with E-state index in [1.807, 2.05) is 12.4 Å². The molecule has 1 aliphatic rings. The first-order chi connectivity index (χ1) is 7.22. The van der Waals surface area contributed by atoms with E-state index in [1.54, 1.807) is 0 Å². The monoisotopic (exact) mass is 205 g/mol. The third-order valence-electron chi connectivity index (χ3n) is 2.81. The molecule has 1 aliphatic carbocycles. The minimum absolute atomic E-state index is 0.455. The van der Waals surface area contributed by atoms with Crippen LogP contribution >= 0.6 is 0 Å². The maximum absolute atomic E-state index is 5.90. The Morgan fingerprint density at radius 1 is 1.40 bits per heavy atom. The average Bonchev–Trinajstić information content (AvgIpc) is 3.01. The summed E-state index contributed by atoms with van der Waals surface area (Å²) in [6.07, 6.45) is 7.72. The van der Waals surface area contributed by atoms with Crippen LogP contribution in [0.2, 0.25) is 0 Å². The molecule has 1 aromatic rings. The van der Waals surface area contributed by atoms with Crippen LogP contribution in [0.1, 0.15) is 50.7 Å². The van der Waals surface area contributed by atoms with Gasteiger partial charge in [0.25, 0.3) is 0 Å². The van der Waals surface area contributed by atoms with Crippen molar-refractivity contribution >= 4 is 0 Å². The van der Waals surface area contributed by atoms with E-state index in [2.05, 4.69) is 25.8 Å². The summed E-state index contributed by atoms with van der Waals surface area (Å²) in [7, 11) is 0. The fourth-order valence-electron chi connectivity index (χ4n) is 1.89. The SMILES string of the molecule is CCc1cncc(OC2CC2)c1C(C)C. The fraction of sp³-hybridized carbons (Fsp3) is 0.615. The van der Waals surface area contributed by atoms with E-state index in [0.29, 0.717) is 12.0 Å². The van der Waals surface area contributed by atoms with Gasteiger partial charge in [-0.2, -0.15) is 0 Å². The molecule has 2 nitrogen and oxygen atoms in total. The molecule has 2 heteroatoms. The van der Waals surface area contributed by atoms with Gasteiger partial charge in [-0.05, 0) is 30.7 Å². The number of nitrogens with zero attached hydrogens (tertiary/aromatic N) is 1. The van der Waals surface area contributed by atoms with Crippen LogP contribution in [0.4, 0.5) is 0 Å². The van der Waals surface area contributed by atoms with Crippen molar-refractivity contribution in [1.29, 1.82) is 0 Å². The minimum atomic E-state index is 0.455. The van der Waals surface area contributed by atoms with Crippen LogP contribution in [0.15, 0.2) is 12.4 Å². The highest BCUT2D eigenvalue weighted by Gasteiger charge is 2.25. The van der Waals surface area contributed by atoms with Crippen LogP contribution in [0.25, 0.3) is 0 Å². The Hall–Kier alpha value is -1.05. The van der Waals surface area contributed by atoms with Gasteiger partial charge in [0.05, 0.1) is 12.3 Å². The Labute approximate surface area is 91.7 Å². The summed E-state index contributed by atoms with van der Waals surface area (Å²) in [5.74, 6) is 1.52. The first-order valence-electron chi connectivity index (χ1n) is 5.85. The van der Waals surface area contributed by atoms with E-state index in [4.69, 9.17) is 4.74 Å². The summed E-state index contributed by atoms with van der Waals surface area (Å²) in [6.45, 7) is 6.60. The Kier molecular flexibility index (Phi) is 2.94. The molecule has 1 aromatic heterocycles. The number of ether oxygens (including phenoxy) is 1. The average molecular weight is 205 g/mol. The smallest absolute Gasteiger partial charge is 0.141 e. The summed E-state index contributed by atoms with van der Waals surface area (Å²) >= 11 is 0. The molecular formula is C13H19NO. The van der Waals surface area contributed by atoms with Crippen LogP contribution in [0.5, 0.6) is 5.75 Å². The molecule has 0 unspecified atom stereocenters. The maximum Gasteiger partial charge on any atom is 0.141 e. The lowest BCUT2D eigenvalue weighted by Gasteiger charge is -2.16. The van der Waals surface area contributed by atoms with Gasteiger partial charge in [-0.3, -0.25) is 4.98 Å². The molecule has 0 amide bonds. The lowest BCUT2D eigenvalue weighted by molar-refractivity contribution is 0.297. The Morgan fingerprint density at radius 2 is 2.13 bits per heavy atom. The number of rotatable bonds is 4. The minimum Gasteiger partial charge on any atom is -0.489 e. The number of hydrogen-bond donors (Lipinski definition) is 0. The molecule has 82 valence electrons. The molecule has 1 saturated carbocycles. The molecule has 2 rings (SSSR count). The van der Waals surface area contributed by atoms with E-state index < -0.39 is 0 Å². The number of aryl methyl sites for hydroxylation is 1. The zero-order valence-corrected chi connectivity index (χ0v) is 9.79. The van der Waals surface area contributed by atoms with Crippen LogP contribution in [0.3, 0.4) is 0 Å². The highest BCUT2D eigenvalue weighted by Crippen LogP contribution is 2.34. The van der Waals surface area contributed by atoms with Gasteiger partial charge >= 0.3 is 0 Å². The van der Waals surface area contributed by atoms with Gasteiger partial charge in [0.1, 0.15) is 5.75 Å². The lowest BCUT2D eigenvalue weighted by atomic mass is 9.97. The van der Waals surface area contributed by atoms with Crippen molar-refractivity contribution in [2.24, 2.45) is 0 Å². The predicted octanol–water partition coefficient (Wildman–Crippen LogP) is 3.31. The van der Waals surface area contributed by atoms with Crippen molar-refractivity contribution in [2.45, 2.75) is 52.1 Å². The fourth-order valence-corrected chi connectivity index (χ4v) is 1.89. The standard InChI is InChI=1S/C13H19NO/c1-4-10-7-14-8-12(13(10)9(2)3)15-11-5-6-11/h7-9,11H,4-6H2,1-3H3. The van der Waals surface area contributed by atoms with Gasteiger partial charge in [0.2, 0.25) is 0 Å². The molecule has 0 N–H and O–H groups in total. The molecule has 0 bridgehead atoms. The summed E-state index contributed by atoms with van der Waals surface area (Å²) in [5.41, 5.74) is 2.67. The molecule has 0 spiro atoms. The van der Waals surface area contributed by atoms with Crippen molar-refractivity contribution in [3.05, 3.63) is 23.5 Å². The first kappa shape index (κ1) is 10.5. The molecule has 1 heterocycles. The molecule has 15 heavy (non-hydrogen) atoms. The van der Waals surface area contributed by atoms with Crippen molar-refractivity contribution in [2.75, 3.05) is 0 Å². The van der Waals surface area contributed by atoms with Gasteiger partial charge in [0, 0.05) is 11.8 Å². The molecule has 0 aromatic carbocycles. The summed E-state index contributed by atoms with van der Waals surface area (Å²) < 4.78 is 5.90. The van der Waals surface area contributed by atoms with Gasteiger partial charge < -0.3 is 4.74 Å². The van der Waals surface area contributed by atoms with Crippen molar-refractivity contribution in [1.82, 2.24) is 4.98 Å². The molecular weight excluding hydrogens is 186 g/mol. The molecule has 1 fully saturated rings. The highest BCUT2D eigenvalue weighted by atomic mass is 16.5. The van der Waals surface area contributed by atoms with Crippen LogP contribution in [-0.4, -0.2) is 11.1 Å². The largest absolute Gasteiger partial charge is 0.489 e. The van der Waals surface area contributed by atoms with E-state index in [1.165, 1.54) is 24.0 Å². The highest BCUT2D eigenvalue weighted by molar-refractivity contribution is 5.39. The van der Waals surface area contributed by atoms with E-state index in [0.717, 1.165) is 12.2 Å². The van der Waals surface area contributed by atoms with Crippen LogP contribution in [-0.2, 0) is 6.42 Å². The van der Waals surface area contributed by atoms with Crippen molar-refractivity contribution in [3.63, 3.8) is 0 Å². The molecule has 0 radical (unpaired) electrons. The Balaban J connectivity index is 2.32. The third kappa shape index (κ3) is 2.31. The number of hydrogen-bond acceptors (Lipinski definition) is 2. The summed E-state index contributed by atoms with van der Waals surface area (Å²) in [5, 5.41) is 0. The zero-order valence-electron chi connectivity index (χ0n) is 9.79. The second-order valence-electron chi connectivity index (χ2n) is 4.54. The maximum atomic E-state index is 5.90. The van der Waals surface area contributed by atoms with Crippen LogP contribution < -0.4 is 4.74 Å².